The first kappa shape index (κ1) is 12.8. The highest BCUT2D eigenvalue weighted by molar-refractivity contribution is 6.07. The fourth-order valence-corrected chi connectivity index (χ4v) is 2.75. The van der Waals surface area contributed by atoms with Crippen molar-refractivity contribution >= 4 is 21.8 Å². The van der Waals surface area contributed by atoms with Gasteiger partial charge < -0.3 is 4.74 Å². The number of fused-ring (bicyclic) bond motifs is 3. The highest BCUT2D eigenvalue weighted by Gasteiger charge is 2.11. The van der Waals surface area contributed by atoms with Crippen LogP contribution in [0.2, 0.25) is 0 Å². The molecule has 0 atom stereocenters. The van der Waals surface area contributed by atoms with Crippen molar-refractivity contribution in [3.05, 3.63) is 54.2 Å². The van der Waals surface area contributed by atoms with Crippen LogP contribution in [0.5, 0.6) is 5.75 Å². The summed E-state index contributed by atoms with van der Waals surface area (Å²) < 4.78 is 5.20. The molecule has 4 aromatic rings. The zero-order chi connectivity index (χ0) is 15.1. The van der Waals surface area contributed by atoms with E-state index in [0.717, 1.165) is 38.8 Å². The number of H-pyrrole nitrogens is 1. The number of hydrogen-bond acceptors (Lipinski definition) is 3. The number of hydrogen-bond donors (Lipinski definition) is 1. The Hall–Kier alpha value is -2.88. The minimum atomic E-state index is 0.836. The number of methoxy groups -OCH3 is 1. The molecule has 0 saturated carbocycles. The van der Waals surface area contributed by atoms with Gasteiger partial charge in [-0.2, -0.15) is 5.10 Å². The smallest absolute Gasteiger partial charge is 0.118 e. The van der Waals surface area contributed by atoms with E-state index in [2.05, 4.69) is 34.2 Å². The number of nitrogens with zero attached hydrogens (tertiary/aromatic N) is 2. The number of rotatable bonds is 2. The Labute approximate surface area is 127 Å². The fraction of sp³-hybridized carbons (Fsp3) is 0.111. The first-order valence-electron chi connectivity index (χ1n) is 7.14. The molecule has 0 aliphatic heterocycles. The van der Waals surface area contributed by atoms with Crippen LogP contribution in [0.1, 0.15) is 5.56 Å². The second kappa shape index (κ2) is 4.84. The van der Waals surface area contributed by atoms with Gasteiger partial charge in [0, 0.05) is 22.5 Å². The molecule has 2 heterocycles. The summed E-state index contributed by atoms with van der Waals surface area (Å²) in [5.41, 5.74) is 5.17. The van der Waals surface area contributed by atoms with Crippen molar-refractivity contribution in [2.24, 2.45) is 0 Å². The van der Waals surface area contributed by atoms with E-state index in [1.165, 1.54) is 5.56 Å². The Bertz CT molecular complexity index is 971. The quantitative estimate of drug-likeness (QED) is 0.604. The standard InChI is InChI=1S/C18H15N3O/c1-11-3-8-16-14(9-11)18-15(10-19-16)17(20-21-18)12-4-6-13(22-2)7-5-12/h3-10H,1-2H3,(H,20,21). The summed E-state index contributed by atoms with van der Waals surface area (Å²) >= 11 is 0. The van der Waals surface area contributed by atoms with Crippen LogP contribution in [-0.2, 0) is 0 Å². The monoisotopic (exact) mass is 289 g/mol. The lowest BCUT2D eigenvalue weighted by Crippen LogP contribution is -1.84. The molecule has 0 unspecified atom stereocenters. The predicted molar refractivity (Wildman–Crippen MR) is 88.1 cm³/mol. The van der Waals surface area contributed by atoms with Gasteiger partial charge in [-0.05, 0) is 43.3 Å². The Morgan fingerprint density at radius 1 is 1.00 bits per heavy atom. The first-order valence-corrected chi connectivity index (χ1v) is 7.14. The van der Waals surface area contributed by atoms with E-state index < -0.39 is 0 Å². The highest BCUT2D eigenvalue weighted by atomic mass is 16.5. The van der Waals surface area contributed by atoms with E-state index in [0.29, 0.717) is 0 Å². The molecule has 1 N–H and O–H groups in total. The van der Waals surface area contributed by atoms with Crippen molar-refractivity contribution in [1.29, 1.82) is 0 Å². The third kappa shape index (κ3) is 1.92. The van der Waals surface area contributed by atoms with Gasteiger partial charge in [0.1, 0.15) is 11.4 Å². The van der Waals surface area contributed by atoms with Crippen LogP contribution in [0.3, 0.4) is 0 Å². The van der Waals surface area contributed by atoms with Gasteiger partial charge in [0.2, 0.25) is 0 Å². The fourth-order valence-electron chi connectivity index (χ4n) is 2.75. The molecule has 0 aliphatic rings. The summed E-state index contributed by atoms with van der Waals surface area (Å²) in [6, 6.07) is 14.1. The Morgan fingerprint density at radius 3 is 2.59 bits per heavy atom. The van der Waals surface area contributed by atoms with Crippen molar-refractivity contribution in [3.63, 3.8) is 0 Å². The number of nitrogens with one attached hydrogen (secondary N) is 1. The summed E-state index contributed by atoms with van der Waals surface area (Å²) in [6.07, 6.45) is 1.88. The van der Waals surface area contributed by atoms with E-state index in [4.69, 9.17) is 4.74 Å². The first-order chi connectivity index (χ1) is 10.8. The SMILES string of the molecule is COc1ccc(-c2n[nH]c3c2cnc2ccc(C)cc23)cc1. The van der Waals surface area contributed by atoms with Crippen LogP contribution < -0.4 is 4.74 Å². The molecular formula is C18H15N3O. The van der Waals surface area contributed by atoms with Gasteiger partial charge in [-0.15, -0.1) is 0 Å². The zero-order valence-electron chi connectivity index (χ0n) is 12.4. The highest BCUT2D eigenvalue weighted by Crippen LogP contribution is 2.31. The molecule has 0 saturated heterocycles. The molecule has 0 spiro atoms. The minimum absolute atomic E-state index is 0.836. The van der Waals surface area contributed by atoms with Crippen LogP contribution in [0, 0.1) is 6.92 Å². The van der Waals surface area contributed by atoms with Gasteiger partial charge >= 0.3 is 0 Å². The number of aromatic amines is 1. The molecule has 0 aliphatic carbocycles. The van der Waals surface area contributed by atoms with Crippen LogP contribution in [0.15, 0.2) is 48.7 Å². The molecule has 108 valence electrons. The van der Waals surface area contributed by atoms with Gasteiger partial charge in [-0.25, -0.2) is 0 Å². The molecule has 0 bridgehead atoms. The minimum Gasteiger partial charge on any atom is -0.497 e. The maximum absolute atomic E-state index is 5.20. The van der Waals surface area contributed by atoms with E-state index in [-0.39, 0.29) is 0 Å². The lowest BCUT2D eigenvalue weighted by Gasteiger charge is -2.02. The largest absolute Gasteiger partial charge is 0.497 e. The Balaban J connectivity index is 1.95. The number of pyridine rings is 1. The van der Waals surface area contributed by atoms with Gasteiger partial charge in [-0.1, -0.05) is 11.6 Å². The summed E-state index contributed by atoms with van der Waals surface area (Å²) in [5.74, 6) is 0.836. The topological polar surface area (TPSA) is 50.8 Å². The summed E-state index contributed by atoms with van der Waals surface area (Å²) in [5, 5.41) is 9.79. The predicted octanol–water partition coefficient (Wildman–Crippen LogP) is 4.10. The average molecular weight is 289 g/mol. The Morgan fingerprint density at radius 2 is 1.82 bits per heavy atom. The van der Waals surface area contributed by atoms with Gasteiger partial charge in [0.25, 0.3) is 0 Å². The second-order valence-corrected chi connectivity index (χ2v) is 5.37. The van der Waals surface area contributed by atoms with Crippen molar-refractivity contribution in [2.75, 3.05) is 7.11 Å². The zero-order valence-corrected chi connectivity index (χ0v) is 12.4. The van der Waals surface area contributed by atoms with E-state index in [9.17, 15) is 0 Å². The molecular weight excluding hydrogens is 274 g/mol. The average Bonchev–Trinajstić information content (AvgIpc) is 2.99. The number of ether oxygens (including phenoxy) is 1. The molecule has 4 rings (SSSR count). The van der Waals surface area contributed by atoms with Gasteiger partial charge in [0.15, 0.2) is 0 Å². The molecule has 2 aromatic carbocycles. The lowest BCUT2D eigenvalue weighted by molar-refractivity contribution is 0.415. The molecule has 2 aromatic heterocycles. The summed E-state index contributed by atoms with van der Waals surface area (Å²) in [6.45, 7) is 2.08. The molecule has 4 nitrogen and oxygen atoms in total. The second-order valence-electron chi connectivity index (χ2n) is 5.37. The van der Waals surface area contributed by atoms with Gasteiger partial charge in [0.05, 0.1) is 18.1 Å². The van der Waals surface area contributed by atoms with Crippen LogP contribution in [-0.4, -0.2) is 22.3 Å². The third-order valence-corrected chi connectivity index (χ3v) is 3.92. The van der Waals surface area contributed by atoms with Crippen molar-refractivity contribution in [3.8, 4) is 17.0 Å². The number of aryl methyl sites for hydroxylation is 1. The van der Waals surface area contributed by atoms with Crippen LogP contribution in [0.25, 0.3) is 33.1 Å². The van der Waals surface area contributed by atoms with Crippen molar-refractivity contribution < 1.29 is 4.74 Å². The maximum atomic E-state index is 5.20. The maximum Gasteiger partial charge on any atom is 0.118 e. The Kier molecular flexibility index (Phi) is 2.82. The molecule has 4 heteroatoms. The number of benzene rings is 2. The van der Waals surface area contributed by atoms with E-state index in [1.807, 2.05) is 36.5 Å². The summed E-state index contributed by atoms with van der Waals surface area (Å²) in [7, 11) is 1.66. The normalized spacial score (nSPS) is 11.2. The van der Waals surface area contributed by atoms with E-state index in [1.54, 1.807) is 7.11 Å². The van der Waals surface area contributed by atoms with Crippen LogP contribution >= 0.6 is 0 Å². The molecule has 0 fully saturated rings. The molecule has 22 heavy (non-hydrogen) atoms. The lowest BCUT2D eigenvalue weighted by atomic mass is 10.1. The van der Waals surface area contributed by atoms with E-state index >= 15 is 0 Å². The molecule has 0 amide bonds. The number of aromatic nitrogens is 3. The van der Waals surface area contributed by atoms with Crippen molar-refractivity contribution in [1.82, 2.24) is 15.2 Å². The summed E-state index contributed by atoms with van der Waals surface area (Å²) in [4.78, 5) is 4.56. The third-order valence-electron chi connectivity index (χ3n) is 3.92. The van der Waals surface area contributed by atoms with Crippen molar-refractivity contribution in [2.45, 2.75) is 6.92 Å². The van der Waals surface area contributed by atoms with Gasteiger partial charge in [-0.3, -0.25) is 10.1 Å². The van der Waals surface area contributed by atoms with Crippen LogP contribution in [0.4, 0.5) is 0 Å². The molecule has 0 radical (unpaired) electrons.